The summed E-state index contributed by atoms with van der Waals surface area (Å²) in [6.45, 7) is 1.61. The van der Waals surface area contributed by atoms with Gasteiger partial charge < -0.3 is 14.9 Å². The number of hydrogen-bond acceptors (Lipinski definition) is 7. The Morgan fingerprint density at radius 3 is 2.57 bits per heavy atom. The van der Waals surface area contributed by atoms with Crippen LogP contribution >= 0.6 is 0 Å². The molecule has 1 saturated heterocycles. The number of likely N-dealkylation sites (tertiary alicyclic amines) is 1. The Morgan fingerprint density at radius 1 is 1.14 bits per heavy atom. The third kappa shape index (κ3) is 3.89. The number of imide groups is 1. The molecule has 3 aliphatic carbocycles. The van der Waals surface area contributed by atoms with Crippen molar-refractivity contribution in [3.63, 3.8) is 0 Å². The van der Waals surface area contributed by atoms with Gasteiger partial charge in [-0.25, -0.2) is 0 Å². The molecule has 37 heavy (non-hydrogen) atoms. The molecule has 9 nitrogen and oxygen atoms in total. The zero-order valence-electron chi connectivity index (χ0n) is 20.5. The number of phenols is 1. The molecular weight excluding hydrogens is 478 g/mol. The van der Waals surface area contributed by atoms with Crippen molar-refractivity contribution in [1.29, 1.82) is 0 Å². The number of phenolic OH excluding ortho intramolecular Hbond substituents is 1. The van der Waals surface area contributed by atoms with E-state index in [1.807, 2.05) is 6.08 Å². The molecule has 5 rings (SSSR count). The minimum absolute atomic E-state index is 0.0228. The Balaban J connectivity index is 1.59. The lowest BCUT2D eigenvalue weighted by atomic mass is 9.59. The number of amides is 2. The zero-order chi connectivity index (χ0) is 26.6. The summed E-state index contributed by atoms with van der Waals surface area (Å²) in [5, 5.41) is 19.9. The quantitative estimate of drug-likeness (QED) is 0.342. The van der Waals surface area contributed by atoms with E-state index in [9.17, 15) is 29.1 Å². The average molecular weight is 506 g/mol. The molecule has 0 bridgehead atoms. The van der Waals surface area contributed by atoms with Gasteiger partial charge in [0.1, 0.15) is 11.5 Å². The Bertz CT molecular complexity index is 1350. The number of benzene rings is 1. The lowest BCUT2D eigenvalue weighted by Gasteiger charge is -2.42. The molecule has 0 saturated carbocycles. The molecule has 1 heterocycles. The van der Waals surface area contributed by atoms with E-state index < -0.39 is 29.6 Å². The SMILES string of the molecule is COc1ccc(C2C3=CCC4C(=O)N(CCCC(=O)O)C(=O)C4C3CC3=C2C(=O)C(C)=CC3=O)c(O)c1. The van der Waals surface area contributed by atoms with Gasteiger partial charge in [0.15, 0.2) is 11.6 Å². The van der Waals surface area contributed by atoms with E-state index in [0.29, 0.717) is 28.0 Å². The summed E-state index contributed by atoms with van der Waals surface area (Å²) in [4.78, 5) is 65.3. The van der Waals surface area contributed by atoms with Gasteiger partial charge in [0.25, 0.3) is 0 Å². The summed E-state index contributed by atoms with van der Waals surface area (Å²) in [5.41, 5.74) is 2.09. The Labute approximate surface area is 213 Å². The lowest BCUT2D eigenvalue weighted by molar-refractivity contribution is -0.142. The van der Waals surface area contributed by atoms with Crippen LogP contribution in [0.25, 0.3) is 0 Å². The van der Waals surface area contributed by atoms with Gasteiger partial charge >= 0.3 is 5.97 Å². The third-order valence-corrected chi connectivity index (χ3v) is 7.98. The highest BCUT2D eigenvalue weighted by Gasteiger charge is 2.56. The maximum Gasteiger partial charge on any atom is 0.303 e. The van der Waals surface area contributed by atoms with E-state index in [0.717, 1.165) is 10.5 Å². The smallest absolute Gasteiger partial charge is 0.303 e. The standard InChI is InChI=1S/C28H27NO8/c1-13-10-20(30)19-12-18-15(23(25(19)26(13)34)16-6-5-14(37-2)11-21(16)31)7-8-17-24(18)28(36)29(27(17)35)9-3-4-22(32)33/h5-7,10-11,17-18,23-24,31H,3-4,8-9,12H2,1-2H3,(H,32,33). The molecule has 1 aliphatic heterocycles. The maximum absolute atomic E-state index is 13.5. The highest BCUT2D eigenvalue weighted by Crippen LogP contribution is 2.56. The van der Waals surface area contributed by atoms with Crippen LogP contribution in [-0.4, -0.2) is 58.1 Å². The van der Waals surface area contributed by atoms with Gasteiger partial charge in [-0.2, -0.15) is 0 Å². The van der Waals surface area contributed by atoms with Crippen molar-refractivity contribution in [3.8, 4) is 11.5 Å². The second kappa shape index (κ2) is 9.14. The number of methoxy groups -OCH3 is 1. The molecular formula is C28H27NO8. The van der Waals surface area contributed by atoms with E-state index >= 15 is 0 Å². The number of carbonyl (C=O) groups is 5. The normalized spacial score (nSPS) is 26.9. The van der Waals surface area contributed by atoms with Gasteiger partial charge in [-0.3, -0.25) is 28.9 Å². The molecule has 4 aliphatic rings. The van der Waals surface area contributed by atoms with Crippen LogP contribution in [0.15, 0.2) is 52.6 Å². The van der Waals surface area contributed by atoms with Gasteiger partial charge in [-0.15, -0.1) is 0 Å². The number of ketones is 2. The molecule has 2 amide bonds. The monoisotopic (exact) mass is 505 g/mol. The van der Waals surface area contributed by atoms with Gasteiger partial charge in [-0.1, -0.05) is 17.7 Å². The van der Waals surface area contributed by atoms with Crippen molar-refractivity contribution >= 4 is 29.4 Å². The number of fused-ring (bicyclic) bond motifs is 3. The fourth-order valence-corrected chi connectivity index (χ4v) is 6.29. The molecule has 192 valence electrons. The first kappa shape index (κ1) is 24.7. The van der Waals surface area contributed by atoms with E-state index in [4.69, 9.17) is 9.84 Å². The first-order valence-corrected chi connectivity index (χ1v) is 12.3. The summed E-state index contributed by atoms with van der Waals surface area (Å²) < 4.78 is 5.21. The van der Waals surface area contributed by atoms with Crippen LogP contribution in [0, 0.1) is 17.8 Å². The number of hydrogen-bond donors (Lipinski definition) is 2. The number of nitrogens with zero attached hydrogens (tertiary/aromatic N) is 1. The van der Waals surface area contributed by atoms with E-state index in [1.165, 1.54) is 19.3 Å². The topological polar surface area (TPSA) is 138 Å². The number of carboxylic acids is 1. The number of aliphatic carboxylic acids is 1. The summed E-state index contributed by atoms with van der Waals surface area (Å²) in [5.74, 6) is -4.54. The number of Topliss-reactive ketones (excluding diaryl/α,β-unsaturated/α-hetero) is 1. The van der Waals surface area contributed by atoms with Crippen molar-refractivity contribution in [1.82, 2.24) is 4.90 Å². The van der Waals surface area contributed by atoms with E-state index in [-0.39, 0.29) is 61.4 Å². The van der Waals surface area contributed by atoms with Crippen LogP contribution in [0.4, 0.5) is 0 Å². The first-order valence-electron chi connectivity index (χ1n) is 12.3. The molecule has 0 aromatic heterocycles. The summed E-state index contributed by atoms with van der Waals surface area (Å²) >= 11 is 0. The summed E-state index contributed by atoms with van der Waals surface area (Å²) in [7, 11) is 1.47. The number of allylic oxidation sites excluding steroid dienone is 6. The molecule has 1 aromatic rings. The number of ether oxygens (including phenoxy) is 1. The van der Waals surface area contributed by atoms with Gasteiger partial charge in [-0.05, 0) is 44.2 Å². The van der Waals surface area contributed by atoms with Gasteiger partial charge in [0.2, 0.25) is 11.8 Å². The second-order valence-corrected chi connectivity index (χ2v) is 9.98. The van der Waals surface area contributed by atoms with Crippen LogP contribution < -0.4 is 4.74 Å². The minimum atomic E-state index is -1.00. The molecule has 4 atom stereocenters. The molecule has 1 aromatic carbocycles. The predicted molar refractivity (Wildman–Crippen MR) is 130 cm³/mol. The van der Waals surface area contributed by atoms with Crippen LogP contribution in [0.5, 0.6) is 11.5 Å². The van der Waals surface area contributed by atoms with Crippen molar-refractivity contribution in [2.24, 2.45) is 17.8 Å². The Kier molecular flexibility index (Phi) is 6.09. The second-order valence-electron chi connectivity index (χ2n) is 9.98. The van der Waals surface area contributed by atoms with Gasteiger partial charge in [0.05, 0.1) is 18.9 Å². The largest absolute Gasteiger partial charge is 0.507 e. The molecule has 4 unspecified atom stereocenters. The minimum Gasteiger partial charge on any atom is -0.507 e. The number of rotatable bonds is 6. The van der Waals surface area contributed by atoms with Crippen LogP contribution in [-0.2, 0) is 24.0 Å². The van der Waals surface area contributed by atoms with Crippen LogP contribution in [0.1, 0.15) is 44.1 Å². The van der Waals surface area contributed by atoms with E-state index in [2.05, 4.69) is 0 Å². The maximum atomic E-state index is 13.5. The fourth-order valence-electron chi connectivity index (χ4n) is 6.29. The zero-order valence-corrected chi connectivity index (χ0v) is 20.5. The van der Waals surface area contributed by atoms with Crippen molar-refractivity contribution < 1.29 is 38.9 Å². The molecule has 1 fully saturated rings. The molecule has 2 N–H and O–H groups in total. The van der Waals surface area contributed by atoms with Crippen molar-refractivity contribution in [2.45, 2.75) is 38.5 Å². The van der Waals surface area contributed by atoms with Crippen molar-refractivity contribution in [3.05, 3.63) is 58.2 Å². The fraction of sp³-hybridized carbons (Fsp3) is 0.393. The Morgan fingerprint density at radius 2 is 1.89 bits per heavy atom. The van der Waals surface area contributed by atoms with Crippen LogP contribution in [0.2, 0.25) is 0 Å². The molecule has 0 radical (unpaired) electrons. The highest BCUT2D eigenvalue weighted by atomic mass is 16.5. The molecule has 9 heteroatoms. The van der Waals surface area contributed by atoms with E-state index in [1.54, 1.807) is 19.1 Å². The van der Waals surface area contributed by atoms with Crippen LogP contribution in [0.3, 0.4) is 0 Å². The lowest BCUT2D eigenvalue weighted by Crippen LogP contribution is -2.40. The van der Waals surface area contributed by atoms with Gasteiger partial charge in [0, 0.05) is 47.2 Å². The van der Waals surface area contributed by atoms with Crippen molar-refractivity contribution in [2.75, 3.05) is 13.7 Å². The first-order chi connectivity index (χ1) is 17.6. The number of aromatic hydroxyl groups is 1. The average Bonchev–Trinajstić information content (AvgIpc) is 3.11. The number of carbonyl (C=O) groups excluding carboxylic acids is 4. The predicted octanol–water partition coefficient (Wildman–Crippen LogP) is 2.70. The Hall–Kier alpha value is -4.01. The third-order valence-electron chi connectivity index (χ3n) is 7.98. The summed E-state index contributed by atoms with van der Waals surface area (Å²) in [6.07, 6.45) is 3.61. The summed E-state index contributed by atoms with van der Waals surface area (Å²) in [6, 6.07) is 4.76. The molecule has 0 spiro atoms. The highest BCUT2D eigenvalue weighted by molar-refractivity contribution is 6.24. The number of carboxylic acid groups (broad SMARTS) is 1.